The maximum Gasteiger partial charge on any atom is 0.0901 e. The molecule has 0 unspecified atom stereocenters. The molecule has 22 heavy (non-hydrogen) atoms. The Labute approximate surface area is 132 Å². The molecule has 1 aliphatic heterocycles. The van der Waals surface area contributed by atoms with Crippen LogP contribution in [0.3, 0.4) is 0 Å². The average molecular weight is 293 g/mol. The number of hydrogen-bond acceptors (Lipinski definition) is 2. The van der Waals surface area contributed by atoms with Crippen LogP contribution in [0.1, 0.15) is 40.7 Å². The van der Waals surface area contributed by atoms with Crippen LogP contribution >= 0.6 is 0 Å². The number of rotatable bonds is 2. The lowest BCUT2D eigenvalue weighted by Crippen LogP contribution is -2.25. The summed E-state index contributed by atoms with van der Waals surface area (Å²) in [7, 11) is 4.25. The summed E-state index contributed by atoms with van der Waals surface area (Å²) in [5.74, 6) is 0.491. The molecule has 0 aromatic heterocycles. The average Bonchev–Trinajstić information content (AvgIpc) is 2.85. The van der Waals surface area contributed by atoms with Gasteiger partial charge in [0.15, 0.2) is 0 Å². The Kier molecular flexibility index (Phi) is 3.51. The third-order valence-electron chi connectivity index (χ3n) is 4.99. The summed E-state index contributed by atoms with van der Waals surface area (Å²) < 4.78 is 6.50. The van der Waals surface area contributed by atoms with Gasteiger partial charge in [-0.25, -0.2) is 0 Å². The van der Waals surface area contributed by atoms with E-state index in [2.05, 4.69) is 67.5 Å². The number of fused-ring (bicyclic) bond motifs is 5. The molecule has 1 fully saturated rings. The highest BCUT2D eigenvalue weighted by Crippen LogP contribution is 2.49. The van der Waals surface area contributed by atoms with E-state index < -0.39 is 0 Å². The van der Waals surface area contributed by atoms with Crippen molar-refractivity contribution in [3.05, 3.63) is 70.8 Å². The summed E-state index contributed by atoms with van der Waals surface area (Å²) in [6.07, 6.45) is 2.68. The highest BCUT2D eigenvalue weighted by atomic mass is 16.5. The molecule has 2 aliphatic rings. The van der Waals surface area contributed by atoms with Crippen LogP contribution in [0.2, 0.25) is 0 Å². The van der Waals surface area contributed by atoms with E-state index in [0.29, 0.717) is 12.0 Å². The fraction of sp³-hybridized carbons (Fsp3) is 0.400. The summed E-state index contributed by atoms with van der Waals surface area (Å²) in [5.41, 5.74) is 5.78. The van der Waals surface area contributed by atoms with Gasteiger partial charge in [-0.15, -0.1) is 0 Å². The van der Waals surface area contributed by atoms with Gasteiger partial charge in [0.25, 0.3) is 0 Å². The first-order valence-electron chi connectivity index (χ1n) is 8.18. The first-order chi connectivity index (χ1) is 10.7. The van der Waals surface area contributed by atoms with Gasteiger partial charge in [-0.3, -0.25) is 0 Å². The first-order valence-corrected chi connectivity index (χ1v) is 8.18. The quantitative estimate of drug-likeness (QED) is 0.836. The topological polar surface area (TPSA) is 12.5 Å². The Bertz CT molecular complexity index is 625. The summed E-state index contributed by atoms with van der Waals surface area (Å²) >= 11 is 0. The van der Waals surface area contributed by atoms with E-state index in [1.54, 1.807) is 0 Å². The molecule has 2 heteroatoms. The monoisotopic (exact) mass is 293 g/mol. The highest BCUT2D eigenvalue weighted by molar-refractivity contribution is 5.45. The number of benzene rings is 2. The van der Waals surface area contributed by atoms with E-state index in [-0.39, 0.29) is 6.10 Å². The lowest BCUT2D eigenvalue weighted by Gasteiger charge is -2.20. The molecule has 3 atom stereocenters. The summed E-state index contributed by atoms with van der Waals surface area (Å²) in [5, 5.41) is 0. The second kappa shape index (κ2) is 5.53. The molecular formula is C20H23NO. The summed E-state index contributed by atoms with van der Waals surface area (Å²) in [6, 6.07) is 17.7. The van der Waals surface area contributed by atoms with E-state index in [1.807, 2.05) is 0 Å². The normalized spacial score (nSPS) is 26.2. The second-order valence-corrected chi connectivity index (χ2v) is 6.86. The van der Waals surface area contributed by atoms with Crippen LogP contribution in [0.15, 0.2) is 48.5 Å². The first kappa shape index (κ1) is 14.0. The summed E-state index contributed by atoms with van der Waals surface area (Å²) in [6.45, 7) is 0.997. The smallest absolute Gasteiger partial charge is 0.0901 e. The Balaban J connectivity index is 1.79. The molecule has 1 saturated heterocycles. The van der Waals surface area contributed by atoms with Crippen LogP contribution in [0.4, 0.5) is 0 Å². The van der Waals surface area contributed by atoms with Crippen LogP contribution in [0, 0.1) is 0 Å². The third-order valence-corrected chi connectivity index (χ3v) is 4.99. The van der Waals surface area contributed by atoms with Crippen molar-refractivity contribution in [3.8, 4) is 0 Å². The molecule has 114 valence electrons. The van der Waals surface area contributed by atoms with Gasteiger partial charge in [-0.1, -0.05) is 48.5 Å². The molecule has 0 saturated carbocycles. The molecule has 4 rings (SSSR count). The zero-order chi connectivity index (χ0) is 15.1. The number of nitrogens with zero attached hydrogens (tertiary/aromatic N) is 1. The molecule has 0 bridgehead atoms. The van der Waals surface area contributed by atoms with Crippen molar-refractivity contribution < 1.29 is 4.74 Å². The van der Waals surface area contributed by atoms with Gasteiger partial charge >= 0.3 is 0 Å². The fourth-order valence-electron chi connectivity index (χ4n) is 4.10. The lowest BCUT2D eigenvalue weighted by molar-refractivity contribution is 0.0272. The molecule has 1 heterocycles. The largest absolute Gasteiger partial charge is 0.368 e. The zero-order valence-electron chi connectivity index (χ0n) is 13.3. The van der Waals surface area contributed by atoms with Crippen LogP contribution in [0.25, 0.3) is 0 Å². The van der Waals surface area contributed by atoms with Gasteiger partial charge in [-0.05, 0) is 49.2 Å². The maximum atomic E-state index is 6.50. The number of ether oxygens (including phenoxy) is 1. The Morgan fingerprint density at radius 3 is 2.32 bits per heavy atom. The Hall–Kier alpha value is -1.64. The zero-order valence-corrected chi connectivity index (χ0v) is 13.3. The molecule has 0 radical (unpaired) electrons. The minimum atomic E-state index is 0.213. The second-order valence-electron chi connectivity index (χ2n) is 6.86. The molecule has 0 amide bonds. The Morgan fingerprint density at radius 2 is 1.59 bits per heavy atom. The SMILES string of the molecule is CN(C)C[C@@H]1C[C@@H]2c3ccccc3Cc3ccccc3[C@H]2O1. The van der Waals surface area contributed by atoms with Crippen molar-refractivity contribution in [1.82, 2.24) is 4.90 Å². The number of hydrogen-bond donors (Lipinski definition) is 0. The summed E-state index contributed by atoms with van der Waals surface area (Å²) in [4.78, 5) is 2.23. The van der Waals surface area contributed by atoms with Crippen molar-refractivity contribution in [2.24, 2.45) is 0 Å². The molecule has 0 spiro atoms. The van der Waals surface area contributed by atoms with Crippen LogP contribution in [-0.2, 0) is 11.2 Å². The van der Waals surface area contributed by atoms with Gasteiger partial charge in [0.05, 0.1) is 12.2 Å². The molecule has 1 aliphatic carbocycles. The van der Waals surface area contributed by atoms with Crippen molar-refractivity contribution in [3.63, 3.8) is 0 Å². The lowest BCUT2D eigenvalue weighted by atomic mass is 9.87. The van der Waals surface area contributed by atoms with E-state index in [0.717, 1.165) is 19.4 Å². The molecule has 0 N–H and O–H groups in total. The van der Waals surface area contributed by atoms with E-state index in [1.165, 1.54) is 22.3 Å². The maximum absolute atomic E-state index is 6.50. The minimum Gasteiger partial charge on any atom is -0.368 e. The minimum absolute atomic E-state index is 0.213. The van der Waals surface area contributed by atoms with Gasteiger partial charge in [0.1, 0.15) is 0 Å². The third kappa shape index (κ3) is 2.37. The highest BCUT2D eigenvalue weighted by Gasteiger charge is 2.40. The van der Waals surface area contributed by atoms with Crippen LogP contribution in [-0.4, -0.2) is 31.6 Å². The van der Waals surface area contributed by atoms with Crippen LogP contribution in [0.5, 0.6) is 0 Å². The van der Waals surface area contributed by atoms with E-state index >= 15 is 0 Å². The molecule has 2 aromatic rings. The van der Waals surface area contributed by atoms with Gasteiger partial charge < -0.3 is 9.64 Å². The van der Waals surface area contributed by atoms with Crippen molar-refractivity contribution in [2.75, 3.05) is 20.6 Å². The molecule has 2 nitrogen and oxygen atoms in total. The fourth-order valence-corrected chi connectivity index (χ4v) is 4.10. The van der Waals surface area contributed by atoms with Gasteiger partial charge in [0.2, 0.25) is 0 Å². The van der Waals surface area contributed by atoms with Gasteiger partial charge in [-0.2, -0.15) is 0 Å². The van der Waals surface area contributed by atoms with Gasteiger partial charge in [0, 0.05) is 12.5 Å². The van der Waals surface area contributed by atoms with E-state index in [9.17, 15) is 0 Å². The van der Waals surface area contributed by atoms with Crippen molar-refractivity contribution in [2.45, 2.75) is 31.0 Å². The Morgan fingerprint density at radius 1 is 0.955 bits per heavy atom. The van der Waals surface area contributed by atoms with Crippen LogP contribution < -0.4 is 0 Å². The standard InChI is InChI=1S/C20H23NO/c1-21(2)13-16-12-19-17-9-5-3-7-14(17)11-15-8-4-6-10-18(15)20(19)22-16/h3-10,16,19-20H,11-13H2,1-2H3/t16-,19+,20+/m0/s1. The molecule has 2 aromatic carbocycles. The number of likely N-dealkylation sites (N-methyl/N-ethyl adjacent to an activating group) is 1. The van der Waals surface area contributed by atoms with E-state index in [4.69, 9.17) is 4.74 Å². The predicted molar refractivity (Wildman–Crippen MR) is 89.2 cm³/mol. The predicted octanol–water partition coefficient (Wildman–Crippen LogP) is 3.77. The molecular weight excluding hydrogens is 270 g/mol. The van der Waals surface area contributed by atoms with Crippen molar-refractivity contribution >= 4 is 0 Å². The van der Waals surface area contributed by atoms with Crippen molar-refractivity contribution in [1.29, 1.82) is 0 Å².